The molecule has 16 heavy (non-hydrogen) atoms. The van der Waals surface area contributed by atoms with Gasteiger partial charge in [0.15, 0.2) is 0 Å². The van der Waals surface area contributed by atoms with Gasteiger partial charge in [-0.05, 0) is 32.0 Å². The molecule has 0 radical (unpaired) electrons. The highest BCUT2D eigenvalue weighted by molar-refractivity contribution is 6.31. The van der Waals surface area contributed by atoms with Gasteiger partial charge in [-0.2, -0.15) is 0 Å². The minimum absolute atomic E-state index is 0.629. The van der Waals surface area contributed by atoms with Crippen molar-refractivity contribution in [1.82, 2.24) is 4.90 Å². The van der Waals surface area contributed by atoms with Gasteiger partial charge in [-0.3, -0.25) is 4.90 Å². The summed E-state index contributed by atoms with van der Waals surface area (Å²) in [7, 11) is 1.99. The number of aliphatic hydroxyl groups is 1. The van der Waals surface area contributed by atoms with Crippen LogP contribution in [0.4, 0.5) is 0 Å². The predicted molar refractivity (Wildman–Crippen MR) is 68.7 cm³/mol. The lowest BCUT2D eigenvalue weighted by Crippen LogP contribution is -2.38. The summed E-state index contributed by atoms with van der Waals surface area (Å²) in [5.41, 5.74) is 0.467. The highest BCUT2D eigenvalue weighted by Gasteiger charge is 2.20. The van der Waals surface area contributed by atoms with E-state index in [2.05, 4.69) is 4.90 Å². The second-order valence-corrected chi connectivity index (χ2v) is 5.02. The molecule has 0 aliphatic carbocycles. The fraction of sp³-hybridized carbons (Fsp3) is 0.538. The monoisotopic (exact) mass is 241 g/mol. The quantitative estimate of drug-likeness (QED) is 0.857. The van der Waals surface area contributed by atoms with Gasteiger partial charge in [0.1, 0.15) is 0 Å². The first-order valence-electron chi connectivity index (χ1n) is 5.59. The van der Waals surface area contributed by atoms with E-state index in [1.54, 1.807) is 0 Å². The Morgan fingerprint density at radius 1 is 1.38 bits per heavy atom. The molecule has 0 bridgehead atoms. The molecule has 0 fully saturated rings. The lowest BCUT2D eigenvalue weighted by Gasteiger charge is -2.28. The largest absolute Gasteiger partial charge is 0.389 e. The normalized spacial score (nSPS) is 15.1. The molecule has 0 aliphatic rings. The molecule has 1 unspecified atom stereocenters. The van der Waals surface area contributed by atoms with Gasteiger partial charge in [-0.15, -0.1) is 0 Å². The Kier molecular flexibility index (Phi) is 4.78. The van der Waals surface area contributed by atoms with Crippen LogP contribution in [-0.2, 0) is 6.54 Å². The Morgan fingerprint density at radius 2 is 2.00 bits per heavy atom. The van der Waals surface area contributed by atoms with Crippen LogP contribution < -0.4 is 0 Å². The molecular formula is C13H20ClNO. The number of hydrogen-bond acceptors (Lipinski definition) is 2. The number of benzene rings is 1. The maximum Gasteiger partial charge on any atom is 0.0743 e. The van der Waals surface area contributed by atoms with Gasteiger partial charge in [0.25, 0.3) is 0 Å². The summed E-state index contributed by atoms with van der Waals surface area (Å²) in [6, 6.07) is 7.81. The van der Waals surface area contributed by atoms with E-state index in [1.165, 1.54) is 0 Å². The average molecular weight is 242 g/mol. The zero-order chi connectivity index (χ0) is 12.2. The van der Waals surface area contributed by atoms with Crippen LogP contribution in [0.3, 0.4) is 0 Å². The van der Waals surface area contributed by atoms with Crippen molar-refractivity contribution in [1.29, 1.82) is 0 Å². The Hall–Kier alpha value is -0.570. The number of nitrogens with zero attached hydrogens (tertiary/aromatic N) is 1. The summed E-state index contributed by atoms with van der Waals surface area (Å²) >= 11 is 6.08. The van der Waals surface area contributed by atoms with Crippen LogP contribution in [0.1, 0.15) is 25.8 Å². The third-order valence-electron chi connectivity index (χ3n) is 2.77. The molecule has 1 aromatic carbocycles. The molecule has 0 saturated carbocycles. The zero-order valence-corrected chi connectivity index (χ0v) is 11.0. The number of likely N-dealkylation sites (N-methyl/N-ethyl adjacent to an activating group) is 1. The maximum absolute atomic E-state index is 9.97. The van der Waals surface area contributed by atoms with Crippen LogP contribution >= 0.6 is 11.6 Å². The van der Waals surface area contributed by atoms with Gasteiger partial charge in [0.2, 0.25) is 0 Å². The van der Waals surface area contributed by atoms with Crippen molar-refractivity contribution in [2.75, 3.05) is 13.6 Å². The SMILES string of the molecule is CCC(C)(O)CN(C)Cc1ccccc1Cl. The minimum atomic E-state index is -0.629. The zero-order valence-electron chi connectivity index (χ0n) is 10.2. The van der Waals surface area contributed by atoms with Crippen LogP contribution in [0.5, 0.6) is 0 Å². The third kappa shape index (κ3) is 4.12. The first-order valence-corrected chi connectivity index (χ1v) is 5.97. The molecule has 1 rings (SSSR count). The van der Waals surface area contributed by atoms with Crippen molar-refractivity contribution in [2.24, 2.45) is 0 Å². The summed E-state index contributed by atoms with van der Waals surface area (Å²) < 4.78 is 0. The maximum atomic E-state index is 9.97. The Morgan fingerprint density at radius 3 is 2.56 bits per heavy atom. The average Bonchev–Trinajstić information content (AvgIpc) is 2.21. The highest BCUT2D eigenvalue weighted by Crippen LogP contribution is 2.18. The molecule has 0 amide bonds. The van der Waals surface area contributed by atoms with E-state index >= 15 is 0 Å². The van der Waals surface area contributed by atoms with E-state index in [0.717, 1.165) is 23.6 Å². The van der Waals surface area contributed by atoms with Gasteiger partial charge in [-0.1, -0.05) is 36.7 Å². The second-order valence-electron chi connectivity index (χ2n) is 4.61. The molecule has 2 nitrogen and oxygen atoms in total. The van der Waals surface area contributed by atoms with Crippen molar-refractivity contribution in [3.8, 4) is 0 Å². The summed E-state index contributed by atoms with van der Waals surface area (Å²) in [4.78, 5) is 2.09. The van der Waals surface area contributed by atoms with Crippen molar-refractivity contribution in [3.63, 3.8) is 0 Å². The first-order chi connectivity index (χ1) is 7.44. The molecule has 0 aromatic heterocycles. The van der Waals surface area contributed by atoms with E-state index in [4.69, 9.17) is 11.6 Å². The second kappa shape index (κ2) is 5.67. The molecular weight excluding hydrogens is 222 g/mol. The topological polar surface area (TPSA) is 23.5 Å². The fourth-order valence-electron chi connectivity index (χ4n) is 1.67. The van der Waals surface area contributed by atoms with Crippen molar-refractivity contribution in [3.05, 3.63) is 34.9 Å². The van der Waals surface area contributed by atoms with Crippen LogP contribution in [0.15, 0.2) is 24.3 Å². The first kappa shape index (κ1) is 13.5. The Balaban J connectivity index is 2.58. The van der Waals surface area contributed by atoms with Crippen molar-refractivity contribution >= 4 is 11.6 Å². The number of hydrogen-bond donors (Lipinski definition) is 1. The molecule has 3 heteroatoms. The summed E-state index contributed by atoms with van der Waals surface area (Å²) in [5.74, 6) is 0. The summed E-state index contributed by atoms with van der Waals surface area (Å²) in [5, 5.41) is 10.7. The van der Waals surface area contributed by atoms with Gasteiger partial charge >= 0.3 is 0 Å². The van der Waals surface area contributed by atoms with Gasteiger partial charge in [0, 0.05) is 18.1 Å². The van der Waals surface area contributed by atoms with Crippen LogP contribution in [-0.4, -0.2) is 29.2 Å². The van der Waals surface area contributed by atoms with Crippen LogP contribution in [0.25, 0.3) is 0 Å². The smallest absolute Gasteiger partial charge is 0.0743 e. The van der Waals surface area contributed by atoms with E-state index in [0.29, 0.717) is 6.54 Å². The molecule has 0 aliphatic heterocycles. The molecule has 0 heterocycles. The highest BCUT2D eigenvalue weighted by atomic mass is 35.5. The van der Waals surface area contributed by atoms with Crippen molar-refractivity contribution in [2.45, 2.75) is 32.4 Å². The fourth-order valence-corrected chi connectivity index (χ4v) is 1.86. The van der Waals surface area contributed by atoms with Gasteiger partial charge in [-0.25, -0.2) is 0 Å². The lowest BCUT2D eigenvalue weighted by atomic mass is 10.0. The lowest BCUT2D eigenvalue weighted by molar-refractivity contribution is 0.0218. The van der Waals surface area contributed by atoms with E-state index in [-0.39, 0.29) is 0 Å². The molecule has 1 atom stereocenters. The molecule has 1 aromatic rings. The van der Waals surface area contributed by atoms with Crippen molar-refractivity contribution < 1.29 is 5.11 Å². The minimum Gasteiger partial charge on any atom is -0.389 e. The van der Waals surface area contributed by atoms with Crippen LogP contribution in [0.2, 0.25) is 5.02 Å². The standard InChI is InChI=1S/C13H20ClNO/c1-4-13(2,16)10-15(3)9-11-7-5-6-8-12(11)14/h5-8,16H,4,9-10H2,1-3H3. The van der Waals surface area contributed by atoms with Crippen LogP contribution in [0, 0.1) is 0 Å². The Labute approximate surface area is 103 Å². The number of rotatable bonds is 5. The molecule has 0 spiro atoms. The molecule has 1 N–H and O–H groups in total. The summed E-state index contributed by atoms with van der Waals surface area (Å²) in [6.07, 6.45) is 0.750. The third-order valence-corrected chi connectivity index (χ3v) is 3.14. The van der Waals surface area contributed by atoms with Gasteiger partial charge < -0.3 is 5.11 Å². The van der Waals surface area contributed by atoms with E-state index in [1.807, 2.05) is 45.2 Å². The predicted octanol–water partition coefficient (Wildman–Crippen LogP) is 2.93. The number of halogens is 1. The molecule has 0 saturated heterocycles. The summed E-state index contributed by atoms with van der Waals surface area (Å²) in [6.45, 7) is 5.25. The van der Waals surface area contributed by atoms with E-state index < -0.39 is 5.60 Å². The van der Waals surface area contributed by atoms with Gasteiger partial charge in [0.05, 0.1) is 5.60 Å². The Bertz CT molecular complexity index is 338. The van der Waals surface area contributed by atoms with E-state index in [9.17, 15) is 5.11 Å². The molecule has 90 valence electrons.